The van der Waals surface area contributed by atoms with Crippen LogP contribution in [-0.4, -0.2) is 31.0 Å². The molecule has 0 bridgehead atoms. The Bertz CT molecular complexity index is 809. The van der Waals surface area contributed by atoms with Crippen LogP contribution in [0.5, 0.6) is 5.75 Å². The van der Waals surface area contributed by atoms with Gasteiger partial charge in [0.05, 0.1) is 7.11 Å². The summed E-state index contributed by atoms with van der Waals surface area (Å²) in [5.41, 5.74) is 2.00. The van der Waals surface area contributed by atoms with Crippen LogP contribution in [-0.2, 0) is 5.41 Å². The molecule has 1 aromatic carbocycles. The van der Waals surface area contributed by atoms with Gasteiger partial charge in [0.25, 0.3) is 5.91 Å². The molecule has 24 heavy (non-hydrogen) atoms. The fourth-order valence-corrected chi connectivity index (χ4v) is 3.14. The molecule has 0 aliphatic carbocycles. The fourth-order valence-electron chi connectivity index (χ4n) is 3.14. The molecule has 1 saturated heterocycles. The van der Waals surface area contributed by atoms with Crippen LogP contribution in [0.25, 0.3) is 0 Å². The van der Waals surface area contributed by atoms with Crippen molar-refractivity contribution in [3.05, 3.63) is 63.7 Å². The van der Waals surface area contributed by atoms with Crippen molar-refractivity contribution in [1.82, 2.24) is 4.90 Å². The lowest BCUT2D eigenvalue weighted by molar-refractivity contribution is 0.0749. The van der Waals surface area contributed by atoms with E-state index in [0.29, 0.717) is 13.1 Å². The summed E-state index contributed by atoms with van der Waals surface area (Å²) in [7, 11) is 1.39. The number of hydrogen-bond acceptors (Lipinski definition) is 4. The van der Waals surface area contributed by atoms with Crippen LogP contribution in [0.2, 0.25) is 0 Å². The number of rotatable bonds is 3. The summed E-state index contributed by atoms with van der Waals surface area (Å²) in [5.74, 6) is -0.114. The van der Waals surface area contributed by atoms with Gasteiger partial charge in [-0.15, -0.1) is 0 Å². The second kappa shape index (κ2) is 6.15. The summed E-state index contributed by atoms with van der Waals surface area (Å²) in [5, 5.41) is 0. The zero-order chi connectivity index (χ0) is 17.3. The standard InChI is InChI=1S/C19H21NO4/c1-13-4-6-14(7-5-13)19(2)8-9-20(12-19)18(22)16-10-15(21)17(23-3)11-24-16/h4-7,10-11H,8-9,12H2,1-3H3/t19-/m1/s1. The maximum atomic E-state index is 12.6. The van der Waals surface area contributed by atoms with Crippen molar-refractivity contribution in [2.75, 3.05) is 20.2 Å². The van der Waals surface area contributed by atoms with Crippen molar-refractivity contribution in [3.8, 4) is 5.75 Å². The molecule has 1 fully saturated rings. The smallest absolute Gasteiger partial charge is 0.289 e. The number of carbonyl (C=O) groups excluding carboxylic acids is 1. The summed E-state index contributed by atoms with van der Waals surface area (Å²) in [6.45, 7) is 5.46. The predicted octanol–water partition coefficient (Wildman–Crippen LogP) is 2.76. The monoisotopic (exact) mass is 327 g/mol. The Labute approximate surface area is 140 Å². The first-order valence-electron chi connectivity index (χ1n) is 7.96. The Morgan fingerprint density at radius 1 is 1.29 bits per heavy atom. The molecule has 0 radical (unpaired) electrons. The van der Waals surface area contributed by atoms with Crippen molar-refractivity contribution in [2.45, 2.75) is 25.7 Å². The molecule has 1 aliphatic rings. The SMILES string of the molecule is COc1coc(C(=O)N2CC[C@@](C)(c3ccc(C)cc3)C2)cc1=O. The lowest BCUT2D eigenvalue weighted by atomic mass is 9.81. The number of carbonyl (C=O) groups is 1. The molecule has 0 spiro atoms. The van der Waals surface area contributed by atoms with E-state index in [9.17, 15) is 9.59 Å². The molecule has 0 saturated carbocycles. The Morgan fingerprint density at radius 2 is 2.00 bits per heavy atom. The molecule has 5 heteroatoms. The maximum absolute atomic E-state index is 12.6. The summed E-state index contributed by atoms with van der Waals surface area (Å²) in [4.78, 5) is 26.2. The second-order valence-electron chi connectivity index (χ2n) is 6.58. The lowest BCUT2D eigenvalue weighted by Crippen LogP contribution is -2.33. The summed E-state index contributed by atoms with van der Waals surface area (Å²) in [6.07, 6.45) is 2.06. The van der Waals surface area contributed by atoms with Crippen molar-refractivity contribution in [2.24, 2.45) is 0 Å². The topological polar surface area (TPSA) is 59.8 Å². The van der Waals surface area contributed by atoms with E-state index >= 15 is 0 Å². The zero-order valence-corrected chi connectivity index (χ0v) is 14.2. The van der Waals surface area contributed by atoms with Gasteiger partial charge in [-0.3, -0.25) is 9.59 Å². The van der Waals surface area contributed by atoms with Crippen LogP contribution in [0.4, 0.5) is 0 Å². The fraction of sp³-hybridized carbons (Fsp3) is 0.368. The van der Waals surface area contributed by atoms with Crippen LogP contribution >= 0.6 is 0 Å². The van der Waals surface area contributed by atoms with Crippen molar-refractivity contribution in [3.63, 3.8) is 0 Å². The van der Waals surface area contributed by atoms with Gasteiger partial charge in [0.1, 0.15) is 6.26 Å². The van der Waals surface area contributed by atoms with Crippen LogP contribution < -0.4 is 10.2 Å². The first-order valence-corrected chi connectivity index (χ1v) is 7.96. The Balaban J connectivity index is 1.79. The molecule has 1 atom stereocenters. The molecule has 3 rings (SSSR count). The number of amides is 1. The molecule has 1 aromatic heterocycles. The molecule has 5 nitrogen and oxygen atoms in total. The quantitative estimate of drug-likeness (QED) is 0.870. The molecule has 126 valence electrons. The molecule has 0 N–H and O–H groups in total. The second-order valence-corrected chi connectivity index (χ2v) is 6.58. The summed E-state index contributed by atoms with van der Waals surface area (Å²) < 4.78 is 10.2. The number of aryl methyl sites for hydroxylation is 1. The summed E-state index contributed by atoms with van der Waals surface area (Å²) in [6, 6.07) is 9.62. The summed E-state index contributed by atoms with van der Waals surface area (Å²) >= 11 is 0. The third-order valence-corrected chi connectivity index (χ3v) is 4.74. The van der Waals surface area contributed by atoms with Gasteiger partial charge in [-0.1, -0.05) is 36.8 Å². The lowest BCUT2D eigenvalue weighted by Gasteiger charge is -2.25. The van der Waals surface area contributed by atoms with Crippen LogP contribution in [0.3, 0.4) is 0 Å². The molecule has 1 aliphatic heterocycles. The highest BCUT2D eigenvalue weighted by Crippen LogP contribution is 2.34. The molecular formula is C19H21NO4. The van der Waals surface area contributed by atoms with E-state index in [1.54, 1.807) is 4.90 Å². The number of methoxy groups -OCH3 is 1. The van der Waals surface area contributed by atoms with Gasteiger partial charge in [0.15, 0.2) is 5.76 Å². The first-order chi connectivity index (χ1) is 11.4. The van der Waals surface area contributed by atoms with E-state index < -0.39 is 0 Å². The maximum Gasteiger partial charge on any atom is 0.289 e. The van der Waals surface area contributed by atoms with E-state index in [1.165, 1.54) is 30.6 Å². The minimum Gasteiger partial charge on any atom is -0.490 e. The molecular weight excluding hydrogens is 306 g/mol. The van der Waals surface area contributed by atoms with Gasteiger partial charge in [-0.2, -0.15) is 0 Å². The Morgan fingerprint density at radius 3 is 2.62 bits per heavy atom. The van der Waals surface area contributed by atoms with Crippen LogP contribution in [0.15, 0.2) is 45.8 Å². The minimum atomic E-state index is -0.354. The van der Waals surface area contributed by atoms with Gasteiger partial charge in [0, 0.05) is 24.6 Å². The van der Waals surface area contributed by atoms with Gasteiger partial charge in [-0.05, 0) is 18.9 Å². The Kier molecular flexibility index (Phi) is 4.18. The number of ether oxygens (including phenoxy) is 1. The zero-order valence-electron chi connectivity index (χ0n) is 14.2. The van der Waals surface area contributed by atoms with Gasteiger partial charge in [0.2, 0.25) is 11.2 Å². The molecule has 0 unspecified atom stereocenters. The van der Waals surface area contributed by atoms with E-state index in [0.717, 1.165) is 6.42 Å². The third kappa shape index (κ3) is 2.94. The van der Waals surface area contributed by atoms with E-state index in [4.69, 9.17) is 9.15 Å². The minimum absolute atomic E-state index is 0.0500. The normalized spacial score (nSPS) is 20.2. The average Bonchev–Trinajstić information content (AvgIpc) is 2.98. The van der Waals surface area contributed by atoms with Crippen molar-refractivity contribution in [1.29, 1.82) is 0 Å². The van der Waals surface area contributed by atoms with Gasteiger partial charge >= 0.3 is 0 Å². The highest BCUT2D eigenvalue weighted by Gasteiger charge is 2.38. The molecule has 1 amide bonds. The number of nitrogens with zero attached hydrogens (tertiary/aromatic N) is 1. The molecule has 2 heterocycles. The van der Waals surface area contributed by atoms with E-state index in [-0.39, 0.29) is 28.3 Å². The number of benzene rings is 1. The van der Waals surface area contributed by atoms with Gasteiger partial charge in [-0.25, -0.2) is 0 Å². The third-order valence-electron chi connectivity index (χ3n) is 4.74. The van der Waals surface area contributed by atoms with Crippen LogP contribution in [0.1, 0.15) is 35.0 Å². The first kappa shape index (κ1) is 16.3. The van der Waals surface area contributed by atoms with Crippen molar-refractivity contribution < 1.29 is 13.9 Å². The number of hydrogen-bond donors (Lipinski definition) is 0. The highest BCUT2D eigenvalue weighted by atomic mass is 16.5. The largest absolute Gasteiger partial charge is 0.490 e. The Hall–Kier alpha value is -2.56. The predicted molar refractivity (Wildman–Crippen MR) is 90.6 cm³/mol. The van der Waals surface area contributed by atoms with E-state index in [2.05, 4.69) is 38.1 Å². The van der Waals surface area contributed by atoms with Gasteiger partial charge < -0.3 is 14.1 Å². The van der Waals surface area contributed by atoms with Crippen LogP contribution in [0, 0.1) is 6.92 Å². The van der Waals surface area contributed by atoms with E-state index in [1.807, 2.05) is 0 Å². The van der Waals surface area contributed by atoms with Crippen molar-refractivity contribution >= 4 is 5.91 Å². The number of likely N-dealkylation sites (tertiary alicyclic amines) is 1. The molecule has 2 aromatic rings. The highest BCUT2D eigenvalue weighted by molar-refractivity contribution is 5.91. The average molecular weight is 327 g/mol.